The summed E-state index contributed by atoms with van der Waals surface area (Å²) >= 11 is 6.02. The summed E-state index contributed by atoms with van der Waals surface area (Å²) in [5.41, 5.74) is 1.27. The number of halogens is 1. The summed E-state index contributed by atoms with van der Waals surface area (Å²) in [5, 5.41) is 4.48. The van der Waals surface area contributed by atoms with Gasteiger partial charge in [0.25, 0.3) is 0 Å². The van der Waals surface area contributed by atoms with Crippen LogP contribution in [0.3, 0.4) is 0 Å². The van der Waals surface area contributed by atoms with Gasteiger partial charge >= 0.3 is 0 Å². The quantitative estimate of drug-likeness (QED) is 0.669. The molecule has 0 aromatic carbocycles. The van der Waals surface area contributed by atoms with Crippen molar-refractivity contribution in [1.82, 2.24) is 14.7 Å². The number of likely N-dealkylation sites (tertiary alicyclic amines) is 1. The molecule has 1 fully saturated rings. The Hall–Kier alpha value is -0.540. The third kappa shape index (κ3) is 2.23. The van der Waals surface area contributed by atoms with E-state index in [-0.39, 0.29) is 0 Å². The van der Waals surface area contributed by atoms with Crippen LogP contribution in [0, 0.1) is 0 Å². The zero-order chi connectivity index (χ0) is 9.26. The van der Waals surface area contributed by atoms with Crippen LogP contribution < -0.4 is 0 Å². The lowest BCUT2D eigenvalue weighted by Crippen LogP contribution is -2.19. The Labute approximate surface area is 83.3 Å². The maximum atomic E-state index is 6.02. The molecule has 72 valence electrons. The highest BCUT2D eigenvalue weighted by molar-refractivity contribution is 6.20. The Morgan fingerprint density at radius 3 is 3.08 bits per heavy atom. The average Bonchev–Trinajstić information content (AvgIpc) is 2.62. The van der Waals surface area contributed by atoms with Gasteiger partial charge in [0.2, 0.25) is 0 Å². The van der Waals surface area contributed by atoms with E-state index in [1.54, 1.807) is 0 Å². The van der Waals surface area contributed by atoms with Crippen molar-refractivity contribution in [1.29, 1.82) is 0 Å². The van der Waals surface area contributed by atoms with E-state index in [2.05, 4.69) is 16.2 Å². The Morgan fingerprint density at radius 2 is 2.54 bits per heavy atom. The van der Waals surface area contributed by atoms with Gasteiger partial charge in [0.1, 0.15) is 0 Å². The minimum absolute atomic E-state index is 0.344. The predicted octanol–water partition coefficient (Wildman–Crippen LogP) is 1.23. The van der Waals surface area contributed by atoms with E-state index >= 15 is 0 Å². The second-order valence-corrected chi connectivity index (χ2v) is 4.26. The molecule has 4 heteroatoms. The summed E-state index contributed by atoms with van der Waals surface area (Å²) in [5.74, 6) is 0. The Kier molecular flexibility index (Phi) is 2.56. The van der Waals surface area contributed by atoms with E-state index in [0.29, 0.717) is 5.38 Å². The minimum Gasteiger partial charge on any atom is -0.297 e. The molecule has 1 atom stereocenters. The molecule has 1 aliphatic heterocycles. The average molecular weight is 200 g/mol. The first-order valence-electron chi connectivity index (χ1n) is 4.58. The molecule has 0 radical (unpaired) electrons. The van der Waals surface area contributed by atoms with Crippen LogP contribution in [0.25, 0.3) is 0 Å². The molecular formula is C9H14ClN3. The summed E-state index contributed by atoms with van der Waals surface area (Å²) in [6, 6.07) is 0. The molecule has 1 aromatic heterocycles. The van der Waals surface area contributed by atoms with E-state index < -0.39 is 0 Å². The number of aromatic nitrogens is 2. The first kappa shape index (κ1) is 9.03. The van der Waals surface area contributed by atoms with E-state index in [9.17, 15) is 0 Å². The number of alkyl halides is 1. The maximum absolute atomic E-state index is 6.02. The molecule has 0 spiro atoms. The maximum Gasteiger partial charge on any atom is 0.0534 e. The zero-order valence-electron chi connectivity index (χ0n) is 7.78. The van der Waals surface area contributed by atoms with Gasteiger partial charge in [0.15, 0.2) is 0 Å². The molecule has 0 N–H and O–H groups in total. The van der Waals surface area contributed by atoms with Crippen LogP contribution in [0.15, 0.2) is 12.4 Å². The van der Waals surface area contributed by atoms with Gasteiger partial charge < -0.3 is 0 Å². The minimum atomic E-state index is 0.344. The van der Waals surface area contributed by atoms with Gasteiger partial charge in [0, 0.05) is 37.3 Å². The van der Waals surface area contributed by atoms with Gasteiger partial charge in [0.05, 0.1) is 6.20 Å². The monoisotopic (exact) mass is 199 g/mol. The molecule has 0 amide bonds. The lowest BCUT2D eigenvalue weighted by atomic mass is 10.3. The highest BCUT2D eigenvalue weighted by Gasteiger charge is 2.20. The van der Waals surface area contributed by atoms with Crippen LogP contribution in [0.4, 0.5) is 0 Å². The number of nitrogens with zero attached hydrogens (tertiary/aromatic N) is 3. The third-order valence-electron chi connectivity index (χ3n) is 2.38. The van der Waals surface area contributed by atoms with Crippen molar-refractivity contribution in [3.05, 3.63) is 18.0 Å². The van der Waals surface area contributed by atoms with Crippen LogP contribution in [0.1, 0.15) is 12.0 Å². The fourth-order valence-electron chi connectivity index (χ4n) is 1.74. The number of hydrogen-bond donors (Lipinski definition) is 0. The van der Waals surface area contributed by atoms with Crippen LogP contribution in [-0.4, -0.2) is 33.1 Å². The van der Waals surface area contributed by atoms with Crippen LogP contribution in [-0.2, 0) is 13.6 Å². The smallest absolute Gasteiger partial charge is 0.0534 e. The van der Waals surface area contributed by atoms with Crippen molar-refractivity contribution < 1.29 is 0 Å². The van der Waals surface area contributed by atoms with Gasteiger partial charge in [-0.2, -0.15) is 5.10 Å². The number of rotatable bonds is 2. The first-order chi connectivity index (χ1) is 6.24. The van der Waals surface area contributed by atoms with Gasteiger partial charge in [-0.1, -0.05) is 0 Å². The van der Waals surface area contributed by atoms with Crippen molar-refractivity contribution in [2.45, 2.75) is 18.3 Å². The molecule has 13 heavy (non-hydrogen) atoms. The summed E-state index contributed by atoms with van der Waals surface area (Å²) in [7, 11) is 1.94. The van der Waals surface area contributed by atoms with Crippen molar-refractivity contribution >= 4 is 11.6 Å². The second kappa shape index (κ2) is 3.68. The topological polar surface area (TPSA) is 21.1 Å². The largest absolute Gasteiger partial charge is 0.297 e. The lowest BCUT2D eigenvalue weighted by Gasteiger charge is -2.12. The summed E-state index contributed by atoms with van der Waals surface area (Å²) in [6.45, 7) is 3.11. The second-order valence-electron chi connectivity index (χ2n) is 3.64. The number of aryl methyl sites for hydroxylation is 1. The van der Waals surface area contributed by atoms with Crippen LogP contribution >= 0.6 is 11.6 Å². The standard InChI is InChI=1S/C9H14ClN3/c1-12-5-8(4-11-12)6-13-3-2-9(10)7-13/h4-5,9H,2-3,6-7H2,1H3. The predicted molar refractivity (Wildman–Crippen MR) is 52.7 cm³/mol. The molecule has 0 bridgehead atoms. The molecule has 2 rings (SSSR count). The van der Waals surface area contributed by atoms with E-state index in [0.717, 1.165) is 26.1 Å². The Balaban J connectivity index is 1.91. The van der Waals surface area contributed by atoms with Crippen molar-refractivity contribution in [3.8, 4) is 0 Å². The molecule has 2 heterocycles. The molecule has 1 aliphatic rings. The summed E-state index contributed by atoms with van der Waals surface area (Å²) < 4.78 is 1.84. The van der Waals surface area contributed by atoms with Gasteiger partial charge in [-0.05, 0) is 13.0 Å². The SMILES string of the molecule is Cn1cc(CN2CCC(Cl)C2)cn1. The van der Waals surface area contributed by atoms with Crippen LogP contribution in [0.2, 0.25) is 0 Å². The molecular weight excluding hydrogens is 186 g/mol. The van der Waals surface area contributed by atoms with E-state index in [1.807, 2.05) is 17.9 Å². The molecule has 1 unspecified atom stereocenters. The van der Waals surface area contributed by atoms with Crippen molar-refractivity contribution in [2.75, 3.05) is 13.1 Å². The van der Waals surface area contributed by atoms with E-state index in [1.165, 1.54) is 5.56 Å². The molecule has 3 nitrogen and oxygen atoms in total. The van der Waals surface area contributed by atoms with Crippen LogP contribution in [0.5, 0.6) is 0 Å². The van der Waals surface area contributed by atoms with E-state index in [4.69, 9.17) is 11.6 Å². The molecule has 1 aromatic rings. The molecule has 0 aliphatic carbocycles. The van der Waals surface area contributed by atoms with Crippen molar-refractivity contribution in [3.63, 3.8) is 0 Å². The highest BCUT2D eigenvalue weighted by Crippen LogP contribution is 2.16. The highest BCUT2D eigenvalue weighted by atomic mass is 35.5. The summed E-state index contributed by atoms with van der Waals surface area (Å²) in [6.07, 6.45) is 5.09. The third-order valence-corrected chi connectivity index (χ3v) is 2.74. The lowest BCUT2D eigenvalue weighted by molar-refractivity contribution is 0.332. The first-order valence-corrected chi connectivity index (χ1v) is 5.01. The van der Waals surface area contributed by atoms with Gasteiger partial charge in [-0.3, -0.25) is 9.58 Å². The Bertz CT molecular complexity index is 284. The normalized spacial score (nSPS) is 24.0. The zero-order valence-corrected chi connectivity index (χ0v) is 8.54. The Morgan fingerprint density at radius 1 is 1.69 bits per heavy atom. The van der Waals surface area contributed by atoms with Gasteiger partial charge in [-0.15, -0.1) is 11.6 Å². The molecule has 1 saturated heterocycles. The van der Waals surface area contributed by atoms with Crippen molar-refractivity contribution in [2.24, 2.45) is 7.05 Å². The summed E-state index contributed by atoms with van der Waals surface area (Å²) in [4.78, 5) is 2.37. The fourth-order valence-corrected chi connectivity index (χ4v) is 2.03. The fraction of sp³-hybridized carbons (Fsp3) is 0.667. The molecule has 0 saturated carbocycles. The number of hydrogen-bond acceptors (Lipinski definition) is 2. The van der Waals surface area contributed by atoms with Gasteiger partial charge in [-0.25, -0.2) is 0 Å².